The highest BCUT2D eigenvalue weighted by Crippen LogP contribution is 2.17. The number of ether oxygens (including phenoxy) is 4. The van der Waals surface area contributed by atoms with Crippen LogP contribution < -0.4 is 16.0 Å². The SMILES string of the molecule is C/C=C(\NC(=O)[C@@H](NC(=O)OCc1ccccc1)C(C)C)C(=O)O[C@@H](Cc1ccccc1)C(=O)O[C@@H](CC(C)C)C(=O)N[C@H](CC(C)C)C(=O)OCc1ccccc1. The third kappa shape index (κ3) is 16.2. The monoisotopic (exact) mass is 799 g/mol. The third-order valence-electron chi connectivity index (χ3n) is 8.75. The number of benzene rings is 3. The molecule has 13 heteroatoms. The van der Waals surface area contributed by atoms with E-state index in [1.54, 1.807) is 56.3 Å². The Morgan fingerprint density at radius 1 is 0.586 bits per heavy atom. The molecular weight excluding hydrogens is 743 g/mol. The summed E-state index contributed by atoms with van der Waals surface area (Å²) < 4.78 is 22.3. The highest BCUT2D eigenvalue weighted by Gasteiger charge is 2.35. The van der Waals surface area contributed by atoms with Crippen LogP contribution in [0.25, 0.3) is 0 Å². The normalized spacial score (nSPS) is 13.4. The van der Waals surface area contributed by atoms with Crippen molar-refractivity contribution >= 4 is 35.8 Å². The fourth-order valence-electron chi connectivity index (χ4n) is 5.70. The van der Waals surface area contributed by atoms with E-state index in [-0.39, 0.29) is 50.0 Å². The molecule has 0 spiro atoms. The maximum absolute atomic E-state index is 13.9. The molecule has 0 heterocycles. The molecule has 0 unspecified atom stereocenters. The number of hydrogen-bond donors (Lipinski definition) is 3. The summed E-state index contributed by atoms with van der Waals surface area (Å²) in [5.74, 6) is -4.62. The number of rotatable bonds is 21. The van der Waals surface area contributed by atoms with Crippen molar-refractivity contribution in [3.05, 3.63) is 119 Å². The van der Waals surface area contributed by atoms with E-state index in [9.17, 15) is 28.8 Å². The minimum Gasteiger partial charge on any atom is -0.459 e. The molecule has 0 aliphatic heterocycles. The number of esters is 3. The van der Waals surface area contributed by atoms with Gasteiger partial charge < -0.3 is 34.9 Å². The fourth-order valence-corrected chi connectivity index (χ4v) is 5.70. The van der Waals surface area contributed by atoms with Gasteiger partial charge in [0.15, 0.2) is 6.10 Å². The largest absolute Gasteiger partial charge is 0.459 e. The van der Waals surface area contributed by atoms with Crippen molar-refractivity contribution in [2.75, 3.05) is 0 Å². The molecule has 3 rings (SSSR count). The minimum absolute atomic E-state index is 0.00996. The summed E-state index contributed by atoms with van der Waals surface area (Å²) in [7, 11) is 0. The van der Waals surface area contributed by atoms with Gasteiger partial charge in [-0.2, -0.15) is 0 Å². The first kappa shape index (κ1) is 46.4. The predicted octanol–water partition coefficient (Wildman–Crippen LogP) is 6.34. The molecular formula is C45H57N3O10. The van der Waals surface area contributed by atoms with E-state index in [1.807, 2.05) is 76.2 Å². The van der Waals surface area contributed by atoms with E-state index < -0.39 is 66.0 Å². The number of carbonyl (C=O) groups excluding carboxylic acids is 6. The van der Waals surface area contributed by atoms with Gasteiger partial charge in [-0.1, -0.05) is 139 Å². The summed E-state index contributed by atoms with van der Waals surface area (Å²) in [6.07, 6.45) is -2.15. The van der Waals surface area contributed by atoms with Gasteiger partial charge in [-0.25, -0.2) is 19.2 Å². The van der Waals surface area contributed by atoms with Crippen molar-refractivity contribution in [3.63, 3.8) is 0 Å². The summed E-state index contributed by atoms with van der Waals surface area (Å²) in [5.41, 5.74) is 1.89. The smallest absolute Gasteiger partial charge is 0.408 e. The second kappa shape index (κ2) is 23.9. The highest BCUT2D eigenvalue weighted by atomic mass is 16.6. The van der Waals surface area contributed by atoms with Crippen LogP contribution >= 0.6 is 0 Å². The first-order valence-corrected chi connectivity index (χ1v) is 19.6. The fraction of sp³-hybridized carbons (Fsp3) is 0.422. The van der Waals surface area contributed by atoms with Crippen LogP contribution in [-0.2, 0) is 62.6 Å². The van der Waals surface area contributed by atoms with Crippen molar-refractivity contribution in [1.29, 1.82) is 0 Å². The van der Waals surface area contributed by atoms with Crippen LogP contribution in [0, 0.1) is 17.8 Å². The van der Waals surface area contributed by atoms with E-state index in [1.165, 1.54) is 13.0 Å². The molecule has 3 aromatic carbocycles. The van der Waals surface area contributed by atoms with E-state index in [0.717, 1.165) is 11.1 Å². The van der Waals surface area contributed by atoms with Crippen LogP contribution in [0.2, 0.25) is 0 Å². The quantitative estimate of drug-likeness (QED) is 0.0626. The first-order valence-electron chi connectivity index (χ1n) is 19.6. The Morgan fingerprint density at radius 2 is 1.10 bits per heavy atom. The van der Waals surface area contributed by atoms with Gasteiger partial charge in [0.05, 0.1) is 0 Å². The number of hydrogen-bond acceptors (Lipinski definition) is 10. The molecule has 0 aliphatic carbocycles. The lowest BCUT2D eigenvalue weighted by atomic mass is 10.0. The van der Waals surface area contributed by atoms with Gasteiger partial charge in [0.1, 0.15) is 31.0 Å². The van der Waals surface area contributed by atoms with Crippen molar-refractivity contribution in [2.24, 2.45) is 17.8 Å². The highest BCUT2D eigenvalue weighted by molar-refractivity contribution is 5.97. The molecule has 3 N–H and O–H groups in total. The standard InChI is InChI=1S/C45H57N3O10/c1-8-35(46-41(50)39(31(6)7)48-45(54)56-28-34-22-16-11-17-23-34)43(52)58-38(26-32-18-12-9-13-19-32)44(53)57-37(25-30(4)5)40(49)47-36(24-29(2)3)42(51)55-27-33-20-14-10-15-21-33/h8-23,29-31,36-39H,24-28H2,1-7H3,(H,46,50)(H,47,49)(H,48,54)/b35-8-/t36-,37+,38+,39+/m1/s1. The second-order valence-corrected chi connectivity index (χ2v) is 15.0. The lowest BCUT2D eigenvalue weighted by Crippen LogP contribution is -2.50. The summed E-state index contributed by atoms with van der Waals surface area (Å²) in [6, 6.07) is 24.8. The Balaban J connectivity index is 1.75. The van der Waals surface area contributed by atoms with Gasteiger partial charge in [-0.3, -0.25) is 9.59 Å². The van der Waals surface area contributed by atoms with Crippen LogP contribution in [-0.4, -0.2) is 60.1 Å². The zero-order valence-corrected chi connectivity index (χ0v) is 34.4. The molecule has 0 saturated carbocycles. The Kier molecular flexibility index (Phi) is 19.2. The Bertz CT molecular complexity index is 1810. The Labute approximate surface area is 341 Å². The van der Waals surface area contributed by atoms with E-state index in [0.29, 0.717) is 5.56 Å². The molecule has 3 aromatic rings. The van der Waals surface area contributed by atoms with Crippen LogP contribution in [0.5, 0.6) is 0 Å². The van der Waals surface area contributed by atoms with Gasteiger partial charge in [0, 0.05) is 6.42 Å². The van der Waals surface area contributed by atoms with Crippen molar-refractivity contribution in [2.45, 2.75) is 105 Å². The maximum Gasteiger partial charge on any atom is 0.408 e. The van der Waals surface area contributed by atoms with E-state index in [4.69, 9.17) is 18.9 Å². The van der Waals surface area contributed by atoms with Gasteiger partial charge in [0.2, 0.25) is 12.0 Å². The molecule has 0 aliphatic rings. The van der Waals surface area contributed by atoms with Crippen molar-refractivity contribution in [3.8, 4) is 0 Å². The number of allylic oxidation sites excluding steroid dienone is 1. The number of amides is 3. The topological polar surface area (TPSA) is 175 Å². The molecule has 0 saturated heterocycles. The molecule has 4 atom stereocenters. The van der Waals surface area contributed by atoms with Crippen molar-refractivity contribution in [1.82, 2.24) is 16.0 Å². The predicted molar refractivity (Wildman–Crippen MR) is 217 cm³/mol. The summed E-state index contributed by atoms with van der Waals surface area (Å²) in [4.78, 5) is 80.6. The van der Waals surface area contributed by atoms with Crippen LogP contribution in [0.15, 0.2) is 103 Å². The lowest BCUT2D eigenvalue weighted by molar-refractivity contribution is -0.173. The van der Waals surface area contributed by atoms with Gasteiger partial charge in [-0.05, 0) is 54.2 Å². The molecule has 3 amide bonds. The Morgan fingerprint density at radius 3 is 1.60 bits per heavy atom. The zero-order valence-electron chi connectivity index (χ0n) is 34.4. The van der Waals surface area contributed by atoms with Crippen molar-refractivity contribution < 1.29 is 47.7 Å². The number of carbonyl (C=O) groups is 6. The van der Waals surface area contributed by atoms with Crippen LogP contribution in [0.4, 0.5) is 4.79 Å². The molecule has 0 bridgehead atoms. The van der Waals surface area contributed by atoms with Gasteiger partial charge >= 0.3 is 24.0 Å². The summed E-state index contributed by atoms with van der Waals surface area (Å²) >= 11 is 0. The molecule has 0 fully saturated rings. The lowest BCUT2D eigenvalue weighted by Gasteiger charge is -2.26. The molecule has 0 radical (unpaired) electrons. The molecule has 0 aromatic heterocycles. The zero-order chi connectivity index (χ0) is 42.6. The maximum atomic E-state index is 13.9. The second-order valence-electron chi connectivity index (χ2n) is 15.0. The third-order valence-corrected chi connectivity index (χ3v) is 8.75. The minimum atomic E-state index is -1.54. The average molecular weight is 800 g/mol. The first-order chi connectivity index (χ1) is 27.7. The number of alkyl carbamates (subject to hydrolysis) is 1. The summed E-state index contributed by atoms with van der Waals surface area (Å²) in [5, 5.41) is 7.78. The summed E-state index contributed by atoms with van der Waals surface area (Å²) in [6.45, 7) is 12.4. The Hall–Kier alpha value is -5.98. The van der Waals surface area contributed by atoms with Gasteiger partial charge in [-0.15, -0.1) is 0 Å². The van der Waals surface area contributed by atoms with Crippen LogP contribution in [0.1, 0.15) is 78.0 Å². The van der Waals surface area contributed by atoms with Crippen LogP contribution in [0.3, 0.4) is 0 Å². The molecule has 13 nitrogen and oxygen atoms in total. The van der Waals surface area contributed by atoms with E-state index >= 15 is 0 Å². The number of nitrogens with one attached hydrogen (secondary N) is 3. The van der Waals surface area contributed by atoms with E-state index in [2.05, 4.69) is 16.0 Å². The molecule has 312 valence electrons. The van der Waals surface area contributed by atoms with Gasteiger partial charge in [0.25, 0.3) is 5.91 Å². The molecule has 58 heavy (non-hydrogen) atoms. The average Bonchev–Trinajstić information content (AvgIpc) is 3.19.